The minimum absolute atomic E-state index is 0.104. The first-order valence-electron chi connectivity index (χ1n) is 10.4. The van der Waals surface area contributed by atoms with Gasteiger partial charge in [0, 0.05) is 25.2 Å². The van der Waals surface area contributed by atoms with Crippen molar-refractivity contribution in [2.75, 3.05) is 10.6 Å². The molecule has 4 rings (SSSR count). The molecule has 0 saturated heterocycles. The molecule has 1 aliphatic carbocycles. The lowest BCUT2D eigenvalue weighted by molar-refractivity contribution is -0.115. The van der Waals surface area contributed by atoms with E-state index in [9.17, 15) is 14.7 Å². The zero-order valence-electron chi connectivity index (χ0n) is 17.9. The standard InChI is InChI=1S/C27H24N2O3/c1-17(30)28-22-11-7-19(8-12-22)15-21-16-26(25-6-4-3-5-24(21)25)27(32)20-9-13-23(14-10-20)29-18(2)31/h3-16,27,32H,1-2H3,(H,28,30)(H,29,31)/b21-15-/t27-/m1/s1. The largest absolute Gasteiger partial charge is 0.384 e. The Bertz CT molecular complexity index is 1220. The molecule has 5 nitrogen and oxygen atoms in total. The quantitative estimate of drug-likeness (QED) is 0.522. The normalized spacial score (nSPS) is 14.5. The van der Waals surface area contributed by atoms with Crippen molar-refractivity contribution in [1.82, 2.24) is 0 Å². The Kier molecular flexibility index (Phi) is 6.01. The molecule has 0 spiro atoms. The summed E-state index contributed by atoms with van der Waals surface area (Å²) in [6.45, 7) is 2.95. The van der Waals surface area contributed by atoms with Crippen LogP contribution in [0.15, 0.2) is 78.9 Å². The molecule has 3 aromatic rings. The highest BCUT2D eigenvalue weighted by Crippen LogP contribution is 2.42. The van der Waals surface area contributed by atoms with Gasteiger partial charge < -0.3 is 15.7 Å². The lowest BCUT2D eigenvalue weighted by Gasteiger charge is -2.14. The number of carbonyl (C=O) groups excluding carboxylic acids is 2. The fraction of sp³-hybridized carbons (Fsp3) is 0.111. The molecule has 0 bridgehead atoms. The van der Waals surface area contributed by atoms with E-state index in [-0.39, 0.29) is 11.8 Å². The second kappa shape index (κ2) is 9.04. The smallest absolute Gasteiger partial charge is 0.221 e. The van der Waals surface area contributed by atoms with Crippen LogP contribution in [0.3, 0.4) is 0 Å². The van der Waals surface area contributed by atoms with Gasteiger partial charge in [-0.1, -0.05) is 48.5 Å². The van der Waals surface area contributed by atoms with E-state index in [1.165, 1.54) is 13.8 Å². The van der Waals surface area contributed by atoms with Crippen LogP contribution < -0.4 is 10.6 Å². The Morgan fingerprint density at radius 3 is 1.88 bits per heavy atom. The van der Waals surface area contributed by atoms with Crippen LogP contribution in [0.25, 0.3) is 17.2 Å². The third-order valence-electron chi connectivity index (χ3n) is 5.25. The first kappa shape index (κ1) is 21.3. The van der Waals surface area contributed by atoms with Gasteiger partial charge in [0.15, 0.2) is 0 Å². The summed E-state index contributed by atoms with van der Waals surface area (Å²) in [5.74, 6) is -0.238. The molecule has 2 amide bonds. The van der Waals surface area contributed by atoms with Gasteiger partial charge in [0.05, 0.1) is 0 Å². The first-order chi connectivity index (χ1) is 15.4. The molecule has 3 aromatic carbocycles. The van der Waals surface area contributed by atoms with Gasteiger partial charge in [0.25, 0.3) is 0 Å². The SMILES string of the molecule is CC(=O)Nc1ccc(/C=C2/C=C([C@H](O)c3ccc(NC(C)=O)cc3)c3ccccc32)cc1. The van der Waals surface area contributed by atoms with Crippen LogP contribution in [0.1, 0.15) is 42.2 Å². The topological polar surface area (TPSA) is 78.4 Å². The first-order valence-corrected chi connectivity index (χ1v) is 10.4. The molecular formula is C27H24N2O3. The van der Waals surface area contributed by atoms with Crippen LogP contribution in [-0.4, -0.2) is 16.9 Å². The molecule has 0 radical (unpaired) electrons. The fourth-order valence-corrected chi connectivity index (χ4v) is 3.83. The third-order valence-corrected chi connectivity index (χ3v) is 5.25. The van der Waals surface area contributed by atoms with Crippen molar-refractivity contribution >= 4 is 40.4 Å². The molecule has 0 aromatic heterocycles. The van der Waals surface area contributed by atoms with Crippen LogP contribution in [0, 0.1) is 0 Å². The van der Waals surface area contributed by atoms with Crippen LogP contribution in [0.5, 0.6) is 0 Å². The van der Waals surface area contributed by atoms with Crippen LogP contribution in [0.2, 0.25) is 0 Å². The van der Waals surface area contributed by atoms with Gasteiger partial charge in [0.2, 0.25) is 11.8 Å². The number of carbonyl (C=O) groups is 2. The Morgan fingerprint density at radius 2 is 1.31 bits per heavy atom. The van der Waals surface area contributed by atoms with Gasteiger partial charge in [-0.05, 0) is 69.8 Å². The average molecular weight is 425 g/mol. The zero-order chi connectivity index (χ0) is 22.7. The van der Waals surface area contributed by atoms with Gasteiger partial charge >= 0.3 is 0 Å². The van der Waals surface area contributed by atoms with E-state index < -0.39 is 6.10 Å². The number of nitrogens with one attached hydrogen (secondary N) is 2. The molecule has 0 saturated carbocycles. The van der Waals surface area contributed by atoms with Crippen molar-refractivity contribution in [3.63, 3.8) is 0 Å². The van der Waals surface area contributed by atoms with E-state index in [4.69, 9.17) is 0 Å². The second-order valence-electron chi connectivity index (χ2n) is 7.75. The number of aliphatic hydroxyl groups is 1. The molecule has 1 atom stereocenters. The van der Waals surface area contributed by atoms with Crippen LogP contribution >= 0.6 is 0 Å². The predicted molar refractivity (Wildman–Crippen MR) is 129 cm³/mol. The van der Waals surface area contributed by atoms with Gasteiger partial charge in [-0.15, -0.1) is 0 Å². The van der Waals surface area contributed by atoms with Crippen molar-refractivity contribution in [3.8, 4) is 0 Å². The molecule has 3 N–H and O–H groups in total. The minimum Gasteiger partial charge on any atom is -0.384 e. The van der Waals surface area contributed by atoms with E-state index >= 15 is 0 Å². The summed E-state index contributed by atoms with van der Waals surface area (Å²) in [6.07, 6.45) is 3.28. The number of benzene rings is 3. The van der Waals surface area contributed by atoms with Crippen molar-refractivity contribution in [3.05, 3.63) is 101 Å². The van der Waals surface area contributed by atoms with E-state index in [1.807, 2.05) is 66.7 Å². The summed E-state index contributed by atoms with van der Waals surface area (Å²) in [5, 5.41) is 16.6. The molecule has 32 heavy (non-hydrogen) atoms. The van der Waals surface area contributed by atoms with Crippen molar-refractivity contribution in [1.29, 1.82) is 0 Å². The summed E-state index contributed by atoms with van der Waals surface area (Å²) in [7, 11) is 0. The van der Waals surface area contributed by atoms with Crippen LogP contribution in [-0.2, 0) is 9.59 Å². The number of hydrogen-bond donors (Lipinski definition) is 3. The number of amides is 2. The molecule has 0 unspecified atom stereocenters. The van der Waals surface area contributed by atoms with Gasteiger partial charge in [-0.2, -0.15) is 0 Å². The van der Waals surface area contributed by atoms with Crippen molar-refractivity contribution in [2.24, 2.45) is 0 Å². The minimum atomic E-state index is -0.796. The predicted octanol–water partition coefficient (Wildman–Crippen LogP) is 5.27. The van der Waals surface area contributed by atoms with Crippen LogP contribution in [0.4, 0.5) is 11.4 Å². The summed E-state index contributed by atoms with van der Waals surface area (Å²) < 4.78 is 0. The Hall–Kier alpha value is -3.96. The molecule has 1 aliphatic rings. The Morgan fingerprint density at radius 1 is 0.781 bits per heavy atom. The molecule has 0 heterocycles. The monoisotopic (exact) mass is 424 g/mol. The molecule has 0 aliphatic heterocycles. The lowest BCUT2D eigenvalue weighted by Crippen LogP contribution is -2.06. The summed E-state index contributed by atoms with van der Waals surface area (Å²) >= 11 is 0. The fourth-order valence-electron chi connectivity index (χ4n) is 3.83. The van der Waals surface area contributed by atoms with Gasteiger partial charge in [0.1, 0.15) is 6.10 Å². The highest BCUT2D eigenvalue weighted by molar-refractivity contribution is 6.02. The number of hydrogen-bond acceptors (Lipinski definition) is 3. The Labute approximate surface area is 187 Å². The zero-order valence-corrected chi connectivity index (χ0v) is 17.9. The number of allylic oxidation sites excluding steroid dienone is 2. The molecule has 160 valence electrons. The molecule has 5 heteroatoms. The second-order valence-corrected chi connectivity index (χ2v) is 7.75. The Balaban J connectivity index is 1.64. The summed E-state index contributed by atoms with van der Waals surface area (Å²) in [6, 6.07) is 22.8. The van der Waals surface area contributed by atoms with Crippen molar-refractivity contribution < 1.29 is 14.7 Å². The van der Waals surface area contributed by atoms with Gasteiger partial charge in [-0.3, -0.25) is 9.59 Å². The van der Waals surface area contributed by atoms with E-state index in [1.54, 1.807) is 12.1 Å². The maximum Gasteiger partial charge on any atom is 0.221 e. The number of anilines is 2. The third kappa shape index (κ3) is 4.68. The van der Waals surface area contributed by atoms with E-state index in [0.717, 1.165) is 39.1 Å². The molecular weight excluding hydrogens is 400 g/mol. The van der Waals surface area contributed by atoms with E-state index in [2.05, 4.69) is 16.7 Å². The maximum absolute atomic E-state index is 11.2. The number of aliphatic hydroxyl groups excluding tert-OH is 1. The van der Waals surface area contributed by atoms with Crippen molar-refractivity contribution in [2.45, 2.75) is 20.0 Å². The number of rotatable bonds is 5. The maximum atomic E-state index is 11.2. The van der Waals surface area contributed by atoms with Gasteiger partial charge in [-0.25, -0.2) is 0 Å². The lowest BCUT2D eigenvalue weighted by atomic mass is 9.96. The van der Waals surface area contributed by atoms with E-state index in [0.29, 0.717) is 5.69 Å². The summed E-state index contributed by atoms with van der Waals surface area (Å²) in [4.78, 5) is 22.5. The number of fused-ring (bicyclic) bond motifs is 1. The molecule has 0 fully saturated rings. The summed E-state index contributed by atoms with van der Waals surface area (Å²) in [5.41, 5.74) is 7.08. The highest BCUT2D eigenvalue weighted by Gasteiger charge is 2.24. The highest BCUT2D eigenvalue weighted by atomic mass is 16.3. The average Bonchev–Trinajstić information content (AvgIpc) is 3.13.